The third-order valence-corrected chi connectivity index (χ3v) is 2.14. The van der Waals surface area contributed by atoms with Crippen molar-refractivity contribution in [3.8, 4) is 6.07 Å². The summed E-state index contributed by atoms with van der Waals surface area (Å²) in [6, 6.07) is 2.24. The van der Waals surface area contributed by atoms with Crippen LogP contribution in [0.3, 0.4) is 0 Å². The second kappa shape index (κ2) is 4.57. The van der Waals surface area contributed by atoms with E-state index >= 15 is 0 Å². The van der Waals surface area contributed by atoms with Crippen molar-refractivity contribution in [2.75, 3.05) is 11.9 Å². The lowest BCUT2D eigenvalue weighted by Crippen LogP contribution is -2.31. The number of anilines is 1. The first-order valence-corrected chi connectivity index (χ1v) is 5.03. The zero-order valence-electron chi connectivity index (χ0n) is 8.60. The van der Waals surface area contributed by atoms with Gasteiger partial charge in [-0.15, -0.1) is 0 Å². The van der Waals surface area contributed by atoms with Gasteiger partial charge in [-0.25, -0.2) is 9.97 Å². The maximum atomic E-state index is 11.3. The lowest BCUT2D eigenvalue weighted by molar-refractivity contribution is -0.119. The molecule has 0 unspecified atom stereocenters. The number of hydrogen-bond acceptors (Lipinski definition) is 5. The molecule has 0 spiro atoms. The minimum absolute atomic E-state index is 0.0475. The molecule has 82 valence electrons. The van der Waals surface area contributed by atoms with Gasteiger partial charge in [0.1, 0.15) is 11.9 Å². The average molecular weight is 217 g/mol. The van der Waals surface area contributed by atoms with Gasteiger partial charge in [0.25, 0.3) is 0 Å². The molecule has 6 nitrogen and oxygen atoms in total. The summed E-state index contributed by atoms with van der Waals surface area (Å²) in [6.45, 7) is 0.178. The second-order valence-corrected chi connectivity index (χ2v) is 3.59. The molecule has 1 fully saturated rings. The molecule has 0 aromatic carbocycles. The third kappa shape index (κ3) is 2.92. The lowest BCUT2D eigenvalue weighted by Gasteiger charge is -2.05. The maximum Gasteiger partial charge on any atom is 0.239 e. The summed E-state index contributed by atoms with van der Waals surface area (Å²) in [6.07, 6.45) is 4.94. The number of nitrogens with zero attached hydrogens (tertiary/aromatic N) is 3. The summed E-state index contributed by atoms with van der Waals surface area (Å²) in [5, 5.41) is 14.2. The van der Waals surface area contributed by atoms with Gasteiger partial charge in [0, 0.05) is 6.04 Å². The number of nitriles is 1. The standard InChI is InChI=1S/C10H11N5O/c11-3-8-4-13-9(5-12-8)14-6-10(16)15-7-1-2-7/h4-5,7H,1-2,6H2,(H,13,14)(H,15,16). The van der Waals surface area contributed by atoms with Crippen molar-refractivity contribution in [1.82, 2.24) is 15.3 Å². The smallest absolute Gasteiger partial charge is 0.239 e. The molecule has 1 aromatic rings. The van der Waals surface area contributed by atoms with E-state index in [1.807, 2.05) is 6.07 Å². The molecular formula is C10H11N5O. The fraction of sp³-hybridized carbons (Fsp3) is 0.400. The minimum Gasteiger partial charge on any atom is -0.360 e. The van der Waals surface area contributed by atoms with E-state index < -0.39 is 0 Å². The van der Waals surface area contributed by atoms with Crippen molar-refractivity contribution in [2.24, 2.45) is 0 Å². The van der Waals surface area contributed by atoms with Crippen molar-refractivity contribution in [2.45, 2.75) is 18.9 Å². The van der Waals surface area contributed by atoms with Gasteiger partial charge in [-0.3, -0.25) is 4.79 Å². The first kappa shape index (κ1) is 10.4. The molecule has 1 aromatic heterocycles. The molecule has 2 rings (SSSR count). The Bertz CT molecular complexity index is 418. The van der Waals surface area contributed by atoms with Crippen LogP contribution in [0.4, 0.5) is 5.82 Å². The van der Waals surface area contributed by atoms with Crippen LogP contribution in [0.15, 0.2) is 12.4 Å². The highest BCUT2D eigenvalue weighted by molar-refractivity contribution is 5.80. The molecule has 0 atom stereocenters. The van der Waals surface area contributed by atoms with E-state index in [1.54, 1.807) is 0 Å². The highest BCUT2D eigenvalue weighted by Crippen LogP contribution is 2.18. The number of nitrogens with one attached hydrogen (secondary N) is 2. The monoisotopic (exact) mass is 217 g/mol. The van der Waals surface area contributed by atoms with E-state index in [1.165, 1.54) is 12.4 Å². The van der Waals surface area contributed by atoms with Gasteiger partial charge in [0.05, 0.1) is 18.9 Å². The first-order chi connectivity index (χ1) is 7.78. The van der Waals surface area contributed by atoms with Gasteiger partial charge in [0.2, 0.25) is 5.91 Å². The third-order valence-electron chi connectivity index (χ3n) is 2.14. The molecule has 1 saturated carbocycles. The molecule has 1 aliphatic rings. The molecule has 6 heteroatoms. The van der Waals surface area contributed by atoms with E-state index in [0.29, 0.717) is 11.9 Å². The van der Waals surface area contributed by atoms with Gasteiger partial charge in [-0.05, 0) is 12.8 Å². The Labute approximate surface area is 92.7 Å². The Morgan fingerprint density at radius 1 is 1.50 bits per heavy atom. The van der Waals surface area contributed by atoms with E-state index in [-0.39, 0.29) is 18.1 Å². The second-order valence-electron chi connectivity index (χ2n) is 3.59. The number of amides is 1. The number of carbonyl (C=O) groups excluding carboxylic acids is 1. The Hall–Kier alpha value is -2.16. The summed E-state index contributed by atoms with van der Waals surface area (Å²) in [5.41, 5.74) is 0.257. The van der Waals surface area contributed by atoms with Crippen molar-refractivity contribution in [1.29, 1.82) is 5.26 Å². The molecule has 0 saturated heterocycles. The Balaban J connectivity index is 1.79. The van der Waals surface area contributed by atoms with Crippen LogP contribution in [-0.4, -0.2) is 28.5 Å². The largest absolute Gasteiger partial charge is 0.360 e. The molecule has 1 amide bonds. The van der Waals surface area contributed by atoms with Crippen molar-refractivity contribution in [3.63, 3.8) is 0 Å². The minimum atomic E-state index is -0.0475. The van der Waals surface area contributed by atoms with E-state index in [0.717, 1.165) is 12.8 Å². The normalized spacial score (nSPS) is 13.9. The Morgan fingerprint density at radius 2 is 2.31 bits per heavy atom. The zero-order valence-corrected chi connectivity index (χ0v) is 8.60. The first-order valence-electron chi connectivity index (χ1n) is 5.03. The van der Waals surface area contributed by atoms with Gasteiger partial charge in [-0.2, -0.15) is 5.26 Å². The SMILES string of the molecule is N#Cc1cnc(NCC(=O)NC2CC2)cn1. The summed E-state index contributed by atoms with van der Waals surface area (Å²) < 4.78 is 0. The van der Waals surface area contributed by atoms with Crippen molar-refractivity contribution < 1.29 is 4.79 Å². The van der Waals surface area contributed by atoms with E-state index in [4.69, 9.17) is 5.26 Å². The number of carbonyl (C=O) groups is 1. The van der Waals surface area contributed by atoms with Gasteiger partial charge in [-0.1, -0.05) is 0 Å². The average Bonchev–Trinajstić information content (AvgIpc) is 3.11. The molecule has 2 N–H and O–H groups in total. The molecule has 1 aliphatic carbocycles. The highest BCUT2D eigenvalue weighted by Gasteiger charge is 2.22. The predicted octanol–water partition coefficient (Wildman–Crippen LogP) is 0.0388. The predicted molar refractivity (Wildman–Crippen MR) is 56.4 cm³/mol. The van der Waals surface area contributed by atoms with Crippen LogP contribution < -0.4 is 10.6 Å². The quantitative estimate of drug-likeness (QED) is 0.743. The summed E-state index contributed by atoms with van der Waals surface area (Å²) in [7, 11) is 0. The summed E-state index contributed by atoms with van der Waals surface area (Å²) >= 11 is 0. The van der Waals surface area contributed by atoms with Gasteiger partial charge < -0.3 is 10.6 Å². The van der Waals surface area contributed by atoms with Crippen molar-refractivity contribution >= 4 is 11.7 Å². The maximum absolute atomic E-state index is 11.3. The van der Waals surface area contributed by atoms with Crippen LogP contribution in [0.2, 0.25) is 0 Å². The fourth-order valence-electron chi connectivity index (χ4n) is 1.15. The van der Waals surface area contributed by atoms with Gasteiger partial charge >= 0.3 is 0 Å². The number of aromatic nitrogens is 2. The molecule has 0 radical (unpaired) electrons. The van der Waals surface area contributed by atoms with Crippen LogP contribution in [0.25, 0.3) is 0 Å². The van der Waals surface area contributed by atoms with E-state index in [9.17, 15) is 4.79 Å². The van der Waals surface area contributed by atoms with Crippen molar-refractivity contribution in [3.05, 3.63) is 18.1 Å². The fourth-order valence-corrected chi connectivity index (χ4v) is 1.15. The lowest BCUT2D eigenvalue weighted by atomic mass is 10.5. The molecule has 1 heterocycles. The Morgan fingerprint density at radius 3 is 2.88 bits per heavy atom. The molecule has 16 heavy (non-hydrogen) atoms. The van der Waals surface area contributed by atoms with Crippen LogP contribution in [0.5, 0.6) is 0 Å². The zero-order chi connectivity index (χ0) is 11.4. The topological polar surface area (TPSA) is 90.7 Å². The molecule has 0 bridgehead atoms. The van der Waals surface area contributed by atoms with Crippen LogP contribution in [0.1, 0.15) is 18.5 Å². The molecular weight excluding hydrogens is 206 g/mol. The van der Waals surface area contributed by atoms with Crippen LogP contribution >= 0.6 is 0 Å². The number of hydrogen-bond donors (Lipinski definition) is 2. The van der Waals surface area contributed by atoms with Crippen LogP contribution in [0, 0.1) is 11.3 Å². The Kier molecular flexibility index (Phi) is 2.96. The highest BCUT2D eigenvalue weighted by atomic mass is 16.2. The van der Waals surface area contributed by atoms with Crippen LogP contribution in [-0.2, 0) is 4.79 Å². The van der Waals surface area contributed by atoms with E-state index in [2.05, 4.69) is 20.6 Å². The molecule has 0 aliphatic heterocycles. The van der Waals surface area contributed by atoms with Gasteiger partial charge in [0.15, 0.2) is 5.69 Å². The summed E-state index contributed by atoms with van der Waals surface area (Å²) in [4.78, 5) is 19.1. The number of rotatable bonds is 4. The summed E-state index contributed by atoms with van der Waals surface area (Å²) in [5.74, 6) is 0.443.